The van der Waals surface area contributed by atoms with Crippen molar-refractivity contribution in [2.45, 2.75) is 6.42 Å². The minimum atomic E-state index is 0.750. The summed E-state index contributed by atoms with van der Waals surface area (Å²) in [5.74, 6) is 1.19. The van der Waals surface area contributed by atoms with Crippen molar-refractivity contribution in [1.29, 1.82) is 0 Å². The monoisotopic (exact) mass is 293 g/mol. The number of rotatable bonds is 5. The zero-order valence-corrected chi connectivity index (χ0v) is 11.2. The summed E-state index contributed by atoms with van der Waals surface area (Å²) in [6.07, 6.45) is 3.29. The van der Waals surface area contributed by atoms with Gasteiger partial charge in [-0.1, -0.05) is 17.7 Å². The molecule has 0 aliphatic carbocycles. The third-order valence-electron chi connectivity index (χ3n) is 1.79. The van der Waals surface area contributed by atoms with Crippen LogP contribution in [0.2, 0.25) is 5.02 Å². The van der Waals surface area contributed by atoms with Crippen molar-refractivity contribution in [2.75, 3.05) is 23.9 Å². The summed E-state index contributed by atoms with van der Waals surface area (Å²) in [5, 5.41) is 4.09. The molecule has 1 nitrogen and oxygen atoms in total. The van der Waals surface area contributed by atoms with Crippen molar-refractivity contribution in [3.63, 3.8) is 0 Å². The zero-order chi connectivity index (χ0) is 10.4. The van der Waals surface area contributed by atoms with Crippen LogP contribution < -0.4 is 5.32 Å². The molecule has 0 saturated carbocycles. The Morgan fingerprint density at radius 3 is 3.00 bits per heavy atom. The number of benzene rings is 1. The lowest BCUT2D eigenvalue weighted by molar-refractivity contribution is 0.992. The molecule has 0 spiro atoms. The Morgan fingerprint density at radius 1 is 1.50 bits per heavy atom. The van der Waals surface area contributed by atoms with Crippen LogP contribution in [0.1, 0.15) is 6.42 Å². The molecule has 0 bridgehead atoms. The largest absolute Gasteiger partial charge is 0.384 e. The predicted octanol–water partition coefficient (Wildman–Crippen LogP) is 4.27. The van der Waals surface area contributed by atoms with E-state index in [-0.39, 0.29) is 0 Å². The van der Waals surface area contributed by atoms with Crippen molar-refractivity contribution in [1.82, 2.24) is 0 Å². The van der Waals surface area contributed by atoms with Gasteiger partial charge in [-0.15, -0.1) is 0 Å². The minimum Gasteiger partial charge on any atom is -0.384 e. The molecule has 78 valence electrons. The number of nitrogens with one attached hydrogen (secondary N) is 1. The Kier molecular flexibility index (Phi) is 5.75. The van der Waals surface area contributed by atoms with Crippen molar-refractivity contribution >= 4 is 45.0 Å². The smallest absolute Gasteiger partial charge is 0.0593 e. The molecule has 0 heterocycles. The van der Waals surface area contributed by atoms with E-state index in [1.54, 1.807) is 0 Å². The lowest BCUT2D eigenvalue weighted by atomic mass is 10.3. The van der Waals surface area contributed by atoms with Gasteiger partial charge >= 0.3 is 0 Å². The molecular weight excluding hydrogens is 282 g/mol. The van der Waals surface area contributed by atoms with Gasteiger partial charge in [0, 0.05) is 12.2 Å². The molecule has 0 unspecified atom stereocenters. The van der Waals surface area contributed by atoms with Gasteiger partial charge in [-0.2, -0.15) is 11.8 Å². The maximum absolute atomic E-state index is 5.96. The molecule has 0 radical (unpaired) electrons. The molecule has 0 aliphatic rings. The summed E-state index contributed by atoms with van der Waals surface area (Å²) in [6, 6.07) is 5.85. The average Bonchev–Trinajstić information content (AvgIpc) is 2.19. The van der Waals surface area contributed by atoms with Gasteiger partial charge in [-0.05, 0) is 46.5 Å². The van der Waals surface area contributed by atoms with Crippen LogP contribution in [0, 0.1) is 0 Å². The van der Waals surface area contributed by atoms with E-state index < -0.39 is 0 Å². The Hall–Kier alpha value is 0.140. The minimum absolute atomic E-state index is 0.750. The Labute approximate surface area is 103 Å². The van der Waals surface area contributed by atoms with Gasteiger partial charge in [-0.3, -0.25) is 0 Å². The van der Waals surface area contributed by atoms with E-state index in [9.17, 15) is 0 Å². The normalized spacial score (nSPS) is 10.2. The molecule has 1 aromatic rings. The Bertz CT molecular complexity index is 293. The van der Waals surface area contributed by atoms with Crippen molar-refractivity contribution in [2.24, 2.45) is 0 Å². The molecule has 0 amide bonds. The second kappa shape index (κ2) is 6.59. The van der Waals surface area contributed by atoms with E-state index in [1.165, 1.54) is 12.2 Å². The van der Waals surface area contributed by atoms with E-state index in [1.807, 2.05) is 30.0 Å². The molecule has 0 saturated heterocycles. The van der Waals surface area contributed by atoms with Crippen molar-refractivity contribution in [3.8, 4) is 0 Å². The van der Waals surface area contributed by atoms with Crippen LogP contribution in [0.5, 0.6) is 0 Å². The van der Waals surface area contributed by atoms with Crippen LogP contribution in [0.4, 0.5) is 5.69 Å². The number of thioether (sulfide) groups is 1. The van der Waals surface area contributed by atoms with E-state index in [0.717, 1.165) is 21.7 Å². The zero-order valence-electron chi connectivity index (χ0n) is 8.02. The lowest BCUT2D eigenvalue weighted by Crippen LogP contribution is -2.02. The van der Waals surface area contributed by atoms with E-state index in [2.05, 4.69) is 27.5 Å². The molecule has 0 aromatic heterocycles. The SMILES string of the molecule is CSCCCNc1cccc(Cl)c1Br. The van der Waals surface area contributed by atoms with Gasteiger partial charge in [0.15, 0.2) is 0 Å². The molecule has 4 heteroatoms. The van der Waals surface area contributed by atoms with Gasteiger partial charge in [-0.25, -0.2) is 0 Å². The van der Waals surface area contributed by atoms with E-state index in [0.29, 0.717) is 0 Å². The van der Waals surface area contributed by atoms with Gasteiger partial charge < -0.3 is 5.32 Å². The molecule has 0 fully saturated rings. The molecule has 1 aromatic carbocycles. The van der Waals surface area contributed by atoms with Crippen LogP contribution in [0.3, 0.4) is 0 Å². The van der Waals surface area contributed by atoms with Gasteiger partial charge in [0.25, 0.3) is 0 Å². The maximum atomic E-state index is 5.96. The van der Waals surface area contributed by atoms with Gasteiger partial charge in [0.05, 0.1) is 9.50 Å². The Balaban J connectivity index is 2.46. The number of hydrogen-bond acceptors (Lipinski definition) is 2. The molecule has 0 aliphatic heterocycles. The fourth-order valence-electron chi connectivity index (χ4n) is 1.08. The summed E-state index contributed by atoms with van der Waals surface area (Å²) in [5.41, 5.74) is 1.07. The summed E-state index contributed by atoms with van der Waals surface area (Å²) >= 11 is 11.3. The molecule has 0 atom stereocenters. The highest BCUT2D eigenvalue weighted by Crippen LogP contribution is 2.29. The summed E-state index contributed by atoms with van der Waals surface area (Å²) in [7, 11) is 0. The first-order chi connectivity index (χ1) is 6.75. The third kappa shape index (κ3) is 3.71. The lowest BCUT2D eigenvalue weighted by Gasteiger charge is -2.08. The second-order valence-electron chi connectivity index (χ2n) is 2.87. The second-order valence-corrected chi connectivity index (χ2v) is 5.06. The highest BCUT2D eigenvalue weighted by molar-refractivity contribution is 9.10. The molecule has 1 N–H and O–H groups in total. The van der Waals surface area contributed by atoms with Gasteiger partial charge in [0.2, 0.25) is 0 Å². The number of hydrogen-bond donors (Lipinski definition) is 1. The highest BCUT2D eigenvalue weighted by atomic mass is 79.9. The molecule has 14 heavy (non-hydrogen) atoms. The van der Waals surface area contributed by atoms with Gasteiger partial charge in [0.1, 0.15) is 0 Å². The van der Waals surface area contributed by atoms with E-state index in [4.69, 9.17) is 11.6 Å². The van der Waals surface area contributed by atoms with Crippen LogP contribution in [0.15, 0.2) is 22.7 Å². The first-order valence-corrected chi connectivity index (χ1v) is 6.99. The first kappa shape index (κ1) is 12.2. The predicted molar refractivity (Wildman–Crippen MR) is 70.6 cm³/mol. The van der Waals surface area contributed by atoms with Crippen LogP contribution >= 0.6 is 39.3 Å². The molecule has 1 rings (SSSR count). The average molecular weight is 295 g/mol. The van der Waals surface area contributed by atoms with E-state index >= 15 is 0 Å². The fraction of sp³-hybridized carbons (Fsp3) is 0.400. The number of anilines is 1. The number of halogens is 2. The third-order valence-corrected chi connectivity index (χ3v) is 3.89. The highest BCUT2D eigenvalue weighted by Gasteiger charge is 2.01. The summed E-state index contributed by atoms with van der Waals surface area (Å²) < 4.78 is 0.950. The van der Waals surface area contributed by atoms with Crippen LogP contribution in [0.25, 0.3) is 0 Å². The Morgan fingerprint density at radius 2 is 2.29 bits per heavy atom. The first-order valence-electron chi connectivity index (χ1n) is 4.42. The summed E-state index contributed by atoms with van der Waals surface area (Å²) in [6.45, 7) is 0.986. The van der Waals surface area contributed by atoms with Crippen LogP contribution in [-0.2, 0) is 0 Å². The topological polar surface area (TPSA) is 12.0 Å². The standard InChI is InChI=1S/C10H13BrClNS/c1-14-7-3-6-13-9-5-2-4-8(12)10(9)11/h2,4-5,13H,3,6-7H2,1H3. The maximum Gasteiger partial charge on any atom is 0.0593 e. The summed E-state index contributed by atoms with van der Waals surface area (Å²) in [4.78, 5) is 0. The van der Waals surface area contributed by atoms with Crippen molar-refractivity contribution in [3.05, 3.63) is 27.7 Å². The molecular formula is C10H13BrClNS. The quantitative estimate of drug-likeness (QED) is 0.814. The van der Waals surface area contributed by atoms with Crippen molar-refractivity contribution < 1.29 is 0 Å². The fourth-order valence-corrected chi connectivity index (χ4v) is 2.09. The van der Waals surface area contributed by atoms with Crippen LogP contribution in [-0.4, -0.2) is 18.6 Å².